The number of hydrogen-bond acceptors (Lipinski definition) is 4. The third-order valence-corrected chi connectivity index (χ3v) is 5.92. The molecule has 31 heavy (non-hydrogen) atoms. The summed E-state index contributed by atoms with van der Waals surface area (Å²) in [4.78, 5) is 39.8. The van der Waals surface area contributed by atoms with Gasteiger partial charge in [-0.25, -0.2) is 4.39 Å². The van der Waals surface area contributed by atoms with Gasteiger partial charge in [0.15, 0.2) is 0 Å². The van der Waals surface area contributed by atoms with Crippen LogP contribution < -0.4 is 11.1 Å². The van der Waals surface area contributed by atoms with Crippen molar-refractivity contribution in [3.63, 3.8) is 0 Å². The van der Waals surface area contributed by atoms with E-state index in [1.165, 1.54) is 34.4 Å². The van der Waals surface area contributed by atoms with Crippen molar-refractivity contribution in [2.75, 3.05) is 11.9 Å². The molecular weight excluding hydrogens is 417 g/mol. The van der Waals surface area contributed by atoms with Gasteiger partial charge in [0.05, 0.1) is 5.56 Å². The Bertz CT molecular complexity index is 1130. The van der Waals surface area contributed by atoms with Crippen LogP contribution in [0.4, 0.5) is 9.39 Å². The van der Waals surface area contributed by atoms with E-state index in [1.807, 2.05) is 37.3 Å². The van der Waals surface area contributed by atoms with Gasteiger partial charge in [0.25, 0.3) is 11.8 Å². The molecule has 3 N–H and O–H groups in total. The van der Waals surface area contributed by atoms with Gasteiger partial charge in [-0.05, 0) is 43.2 Å². The zero-order valence-electron chi connectivity index (χ0n) is 17.1. The normalized spacial score (nSPS) is 10.5. The van der Waals surface area contributed by atoms with Gasteiger partial charge in [-0.2, -0.15) is 0 Å². The summed E-state index contributed by atoms with van der Waals surface area (Å²) in [6.07, 6.45) is 0. The molecule has 8 heteroatoms. The van der Waals surface area contributed by atoms with Crippen molar-refractivity contribution < 1.29 is 18.8 Å². The highest BCUT2D eigenvalue weighted by atomic mass is 32.1. The predicted octanol–water partition coefficient (Wildman–Crippen LogP) is 3.88. The van der Waals surface area contributed by atoms with Gasteiger partial charge in [-0.15, -0.1) is 11.3 Å². The summed E-state index contributed by atoms with van der Waals surface area (Å²) in [7, 11) is 0. The lowest BCUT2D eigenvalue weighted by Gasteiger charge is -2.22. The number of primary amides is 1. The Kier molecular flexibility index (Phi) is 6.81. The molecule has 0 atom stereocenters. The topological polar surface area (TPSA) is 92.5 Å². The van der Waals surface area contributed by atoms with E-state index < -0.39 is 23.5 Å². The number of nitrogens with two attached hydrogens (primary N) is 1. The number of benzene rings is 2. The maximum Gasteiger partial charge on any atom is 0.254 e. The van der Waals surface area contributed by atoms with Crippen LogP contribution in [-0.2, 0) is 11.3 Å². The van der Waals surface area contributed by atoms with E-state index in [0.717, 1.165) is 16.5 Å². The first-order chi connectivity index (χ1) is 14.8. The molecule has 0 spiro atoms. The molecule has 0 aliphatic carbocycles. The van der Waals surface area contributed by atoms with E-state index in [1.54, 1.807) is 6.92 Å². The van der Waals surface area contributed by atoms with Gasteiger partial charge in [-0.3, -0.25) is 14.4 Å². The number of carbonyl (C=O) groups is 3. The molecule has 0 fully saturated rings. The number of hydrogen-bond donors (Lipinski definition) is 2. The first-order valence-electron chi connectivity index (χ1n) is 9.54. The van der Waals surface area contributed by atoms with Crippen LogP contribution in [0.15, 0.2) is 54.6 Å². The lowest BCUT2D eigenvalue weighted by Crippen LogP contribution is -2.37. The molecule has 0 aliphatic heterocycles. The molecular formula is C23H22FN3O3S. The highest BCUT2D eigenvalue weighted by molar-refractivity contribution is 7.16. The van der Waals surface area contributed by atoms with Crippen molar-refractivity contribution in [3.05, 3.63) is 87.5 Å². The molecule has 0 aliphatic rings. The minimum Gasteiger partial charge on any atom is -0.365 e. The van der Waals surface area contributed by atoms with Crippen molar-refractivity contribution in [2.45, 2.75) is 20.4 Å². The third-order valence-electron chi connectivity index (χ3n) is 4.79. The van der Waals surface area contributed by atoms with Crippen molar-refractivity contribution in [3.8, 4) is 0 Å². The molecule has 2 aromatic carbocycles. The Hall–Kier alpha value is -3.52. The monoisotopic (exact) mass is 439 g/mol. The van der Waals surface area contributed by atoms with Crippen LogP contribution >= 0.6 is 11.3 Å². The van der Waals surface area contributed by atoms with E-state index in [0.29, 0.717) is 10.6 Å². The SMILES string of the molecule is Cc1sc(NC(=O)CN(Cc2ccccc2)C(=O)c2cccc(F)c2)c(C(N)=O)c1C. The first-order valence-corrected chi connectivity index (χ1v) is 10.4. The Morgan fingerprint density at radius 2 is 1.77 bits per heavy atom. The molecule has 0 saturated heterocycles. The molecule has 3 aromatic rings. The lowest BCUT2D eigenvalue weighted by atomic mass is 10.1. The summed E-state index contributed by atoms with van der Waals surface area (Å²) in [6, 6.07) is 14.5. The molecule has 1 aromatic heterocycles. The molecule has 1 heterocycles. The van der Waals surface area contributed by atoms with Crippen LogP contribution in [0.5, 0.6) is 0 Å². The summed E-state index contributed by atoms with van der Waals surface area (Å²) in [5.74, 6) is -2.13. The minimum absolute atomic E-state index is 0.143. The third kappa shape index (κ3) is 5.35. The van der Waals surface area contributed by atoms with Gasteiger partial charge in [0.1, 0.15) is 17.4 Å². The van der Waals surface area contributed by atoms with Gasteiger partial charge in [-0.1, -0.05) is 36.4 Å². The summed E-state index contributed by atoms with van der Waals surface area (Å²) in [5, 5.41) is 3.05. The molecule has 3 rings (SSSR count). The van der Waals surface area contributed by atoms with Crippen LogP contribution in [0.1, 0.15) is 36.7 Å². The van der Waals surface area contributed by atoms with Crippen LogP contribution in [0.3, 0.4) is 0 Å². The molecule has 160 valence electrons. The fourth-order valence-corrected chi connectivity index (χ4v) is 4.24. The fraction of sp³-hybridized carbons (Fsp3) is 0.174. The van der Waals surface area contributed by atoms with E-state index in [2.05, 4.69) is 5.32 Å². The Morgan fingerprint density at radius 1 is 1.06 bits per heavy atom. The number of anilines is 1. The standard InChI is InChI=1S/C23H22FN3O3S/c1-14-15(2)31-22(20(14)21(25)29)26-19(28)13-27(12-16-7-4-3-5-8-16)23(30)17-9-6-10-18(24)11-17/h3-11H,12-13H2,1-2H3,(H2,25,29)(H,26,28). The van der Waals surface area contributed by atoms with Crippen LogP contribution in [0, 0.1) is 19.7 Å². The highest BCUT2D eigenvalue weighted by Crippen LogP contribution is 2.32. The number of halogens is 1. The zero-order valence-corrected chi connectivity index (χ0v) is 18.0. The number of amides is 3. The van der Waals surface area contributed by atoms with Crippen molar-refractivity contribution >= 4 is 34.1 Å². The molecule has 3 amide bonds. The maximum atomic E-state index is 13.6. The molecule has 0 saturated carbocycles. The van der Waals surface area contributed by atoms with Crippen molar-refractivity contribution in [1.29, 1.82) is 0 Å². The largest absolute Gasteiger partial charge is 0.365 e. The summed E-state index contributed by atoms with van der Waals surface area (Å²) < 4.78 is 13.6. The molecule has 0 unspecified atom stereocenters. The predicted molar refractivity (Wildman–Crippen MR) is 119 cm³/mol. The van der Waals surface area contributed by atoms with E-state index in [4.69, 9.17) is 5.73 Å². The number of thiophene rings is 1. The lowest BCUT2D eigenvalue weighted by molar-refractivity contribution is -0.117. The number of aryl methyl sites for hydroxylation is 1. The van der Waals surface area contributed by atoms with Crippen LogP contribution in [-0.4, -0.2) is 29.2 Å². The van der Waals surface area contributed by atoms with Crippen LogP contribution in [0.25, 0.3) is 0 Å². The minimum atomic E-state index is -0.630. The van der Waals surface area contributed by atoms with E-state index in [-0.39, 0.29) is 24.2 Å². The fourth-order valence-electron chi connectivity index (χ4n) is 3.16. The smallest absolute Gasteiger partial charge is 0.254 e. The van der Waals surface area contributed by atoms with E-state index >= 15 is 0 Å². The second kappa shape index (κ2) is 9.53. The van der Waals surface area contributed by atoms with E-state index in [9.17, 15) is 18.8 Å². The quantitative estimate of drug-likeness (QED) is 0.585. The van der Waals surface area contributed by atoms with Crippen molar-refractivity contribution in [2.24, 2.45) is 5.73 Å². The van der Waals surface area contributed by atoms with Gasteiger partial charge >= 0.3 is 0 Å². The van der Waals surface area contributed by atoms with Gasteiger partial charge in [0.2, 0.25) is 5.91 Å². The average Bonchev–Trinajstić information content (AvgIpc) is 3.00. The number of carbonyl (C=O) groups excluding carboxylic acids is 3. The van der Waals surface area contributed by atoms with Crippen LogP contribution in [0.2, 0.25) is 0 Å². The maximum absolute atomic E-state index is 13.6. The summed E-state index contributed by atoms with van der Waals surface area (Å²) in [6.45, 7) is 3.47. The molecule has 0 radical (unpaired) electrons. The second-order valence-electron chi connectivity index (χ2n) is 7.06. The number of nitrogens with one attached hydrogen (secondary N) is 1. The van der Waals surface area contributed by atoms with Gasteiger partial charge in [0, 0.05) is 17.0 Å². The zero-order chi connectivity index (χ0) is 22.5. The highest BCUT2D eigenvalue weighted by Gasteiger charge is 2.23. The first kappa shape index (κ1) is 22.2. The molecule has 6 nitrogen and oxygen atoms in total. The van der Waals surface area contributed by atoms with Crippen molar-refractivity contribution in [1.82, 2.24) is 4.90 Å². The molecule has 0 bridgehead atoms. The second-order valence-corrected chi connectivity index (χ2v) is 8.28. The summed E-state index contributed by atoms with van der Waals surface area (Å²) in [5.41, 5.74) is 7.40. The van der Waals surface area contributed by atoms with Gasteiger partial charge < -0.3 is 16.0 Å². The Morgan fingerprint density at radius 3 is 2.42 bits per heavy atom. The Labute approximate surface area is 183 Å². The average molecular weight is 440 g/mol. The Balaban J connectivity index is 1.84. The number of rotatable bonds is 7. The summed E-state index contributed by atoms with van der Waals surface area (Å²) >= 11 is 1.25. The number of nitrogens with zero attached hydrogens (tertiary/aromatic N) is 1.